The van der Waals surface area contributed by atoms with Crippen molar-refractivity contribution in [2.24, 2.45) is 0 Å². The molecule has 0 radical (unpaired) electrons. The largest absolute Gasteiger partial charge is 0.347 e. The molecule has 1 aliphatic heterocycles. The van der Waals surface area contributed by atoms with Gasteiger partial charge >= 0.3 is 0 Å². The van der Waals surface area contributed by atoms with Gasteiger partial charge in [-0.15, -0.1) is 0 Å². The number of hydrogen-bond donors (Lipinski definition) is 1. The first kappa shape index (κ1) is 14.0. The Morgan fingerprint density at radius 3 is 2.79 bits per heavy atom. The molecule has 2 rings (SSSR count). The second-order valence-corrected chi connectivity index (χ2v) is 5.22. The maximum atomic E-state index is 12.0. The number of hydrogen-bond acceptors (Lipinski definition) is 3. The quantitative estimate of drug-likeness (QED) is 0.882. The van der Waals surface area contributed by atoms with Crippen molar-refractivity contribution in [1.82, 2.24) is 15.2 Å². The molecule has 0 spiro atoms. The van der Waals surface area contributed by atoms with Crippen LogP contribution in [0, 0.1) is 6.92 Å². The molecule has 1 aliphatic rings. The first-order chi connectivity index (χ1) is 9.19. The van der Waals surface area contributed by atoms with Crippen molar-refractivity contribution in [3.05, 3.63) is 29.6 Å². The Hall–Kier alpha value is -1.42. The number of carbonyl (C=O) groups excluding carboxylic acids is 1. The van der Waals surface area contributed by atoms with Gasteiger partial charge < -0.3 is 5.32 Å². The Labute approximate surface area is 115 Å². The topological polar surface area (TPSA) is 45.2 Å². The molecule has 0 saturated carbocycles. The van der Waals surface area contributed by atoms with Crippen molar-refractivity contribution >= 4 is 5.91 Å². The summed E-state index contributed by atoms with van der Waals surface area (Å²) in [5, 5.41) is 3.09. The van der Waals surface area contributed by atoms with Gasteiger partial charge in [-0.25, -0.2) is 0 Å². The van der Waals surface area contributed by atoms with Gasteiger partial charge in [0, 0.05) is 5.69 Å². The molecule has 1 amide bonds. The number of pyridine rings is 1. The van der Waals surface area contributed by atoms with Gasteiger partial charge in [0.1, 0.15) is 0 Å². The van der Waals surface area contributed by atoms with E-state index >= 15 is 0 Å². The molecule has 0 aliphatic carbocycles. The highest BCUT2D eigenvalue weighted by Crippen LogP contribution is 2.15. The van der Waals surface area contributed by atoms with Gasteiger partial charge in [-0.1, -0.05) is 13.0 Å². The maximum Gasteiger partial charge on any atom is 0.234 e. The van der Waals surface area contributed by atoms with E-state index in [4.69, 9.17) is 0 Å². The van der Waals surface area contributed by atoms with Crippen molar-refractivity contribution < 1.29 is 4.79 Å². The summed E-state index contributed by atoms with van der Waals surface area (Å²) in [6.45, 7) is 6.66. The number of aryl methyl sites for hydroxylation is 1. The van der Waals surface area contributed by atoms with Gasteiger partial charge in [-0.05, 0) is 51.4 Å². The van der Waals surface area contributed by atoms with Crippen LogP contribution in [-0.4, -0.2) is 35.4 Å². The van der Waals surface area contributed by atoms with Crippen molar-refractivity contribution in [3.8, 4) is 0 Å². The van der Waals surface area contributed by atoms with Crippen LogP contribution in [0.2, 0.25) is 0 Å². The van der Waals surface area contributed by atoms with Crippen molar-refractivity contribution in [2.45, 2.75) is 39.2 Å². The molecule has 1 atom stereocenters. The van der Waals surface area contributed by atoms with E-state index in [0.29, 0.717) is 6.54 Å². The first-order valence-electron chi connectivity index (χ1n) is 7.14. The lowest BCUT2D eigenvalue weighted by Crippen LogP contribution is -2.37. The van der Waals surface area contributed by atoms with Crippen LogP contribution < -0.4 is 5.32 Å². The third kappa shape index (κ3) is 4.03. The highest BCUT2D eigenvalue weighted by Gasteiger charge is 2.18. The summed E-state index contributed by atoms with van der Waals surface area (Å²) in [6, 6.07) is 5.97. The average molecular weight is 261 g/mol. The lowest BCUT2D eigenvalue weighted by Gasteiger charge is -2.19. The Balaban J connectivity index is 1.92. The van der Waals surface area contributed by atoms with Crippen LogP contribution in [0.4, 0.5) is 0 Å². The Morgan fingerprint density at radius 1 is 1.42 bits per heavy atom. The normalized spacial score (nSPS) is 17.4. The summed E-state index contributed by atoms with van der Waals surface area (Å²) >= 11 is 0. The van der Waals surface area contributed by atoms with E-state index in [1.165, 1.54) is 12.8 Å². The van der Waals surface area contributed by atoms with E-state index in [0.717, 1.165) is 30.9 Å². The van der Waals surface area contributed by atoms with Gasteiger partial charge in [0.05, 0.1) is 18.3 Å². The van der Waals surface area contributed by atoms with Gasteiger partial charge in [-0.2, -0.15) is 0 Å². The van der Waals surface area contributed by atoms with E-state index in [1.807, 2.05) is 25.1 Å². The Morgan fingerprint density at radius 2 is 2.16 bits per heavy atom. The summed E-state index contributed by atoms with van der Waals surface area (Å²) in [7, 11) is 0. The molecule has 1 saturated heterocycles. The fourth-order valence-electron chi connectivity index (χ4n) is 2.53. The molecule has 1 aromatic rings. The molecule has 1 aromatic heterocycles. The molecule has 19 heavy (non-hydrogen) atoms. The predicted octanol–water partition coefficient (Wildman–Crippen LogP) is 2.05. The third-order valence-corrected chi connectivity index (χ3v) is 3.58. The van der Waals surface area contributed by atoms with Gasteiger partial charge in [-0.3, -0.25) is 14.7 Å². The predicted molar refractivity (Wildman–Crippen MR) is 75.8 cm³/mol. The fraction of sp³-hybridized carbons (Fsp3) is 0.600. The van der Waals surface area contributed by atoms with E-state index in [9.17, 15) is 4.79 Å². The SMILES string of the molecule is CCC(NC(=O)CN1CCCC1)c1cccc(C)n1. The van der Waals surface area contributed by atoms with Crippen molar-refractivity contribution in [1.29, 1.82) is 0 Å². The van der Waals surface area contributed by atoms with E-state index in [2.05, 4.69) is 22.1 Å². The fourth-order valence-corrected chi connectivity index (χ4v) is 2.53. The molecule has 0 bridgehead atoms. The van der Waals surface area contributed by atoms with Crippen LogP contribution in [-0.2, 0) is 4.79 Å². The second-order valence-electron chi connectivity index (χ2n) is 5.22. The summed E-state index contributed by atoms with van der Waals surface area (Å²) in [5.41, 5.74) is 1.95. The molecule has 4 heteroatoms. The molecule has 4 nitrogen and oxygen atoms in total. The minimum absolute atomic E-state index is 0.0232. The molecule has 1 fully saturated rings. The lowest BCUT2D eigenvalue weighted by atomic mass is 10.1. The highest BCUT2D eigenvalue weighted by atomic mass is 16.2. The summed E-state index contributed by atoms with van der Waals surface area (Å²) in [5.74, 6) is 0.108. The van der Waals surface area contributed by atoms with E-state index in [-0.39, 0.29) is 11.9 Å². The van der Waals surface area contributed by atoms with Crippen LogP contribution in [0.1, 0.15) is 43.6 Å². The van der Waals surface area contributed by atoms with Crippen LogP contribution in [0.3, 0.4) is 0 Å². The zero-order valence-corrected chi connectivity index (χ0v) is 11.9. The molecule has 1 N–H and O–H groups in total. The van der Waals surface area contributed by atoms with Gasteiger partial charge in [0.2, 0.25) is 5.91 Å². The number of likely N-dealkylation sites (tertiary alicyclic amines) is 1. The molecule has 2 heterocycles. The number of rotatable bonds is 5. The Bertz CT molecular complexity index is 427. The Kier molecular flexibility index (Phi) is 4.91. The van der Waals surface area contributed by atoms with E-state index in [1.54, 1.807) is 0 Å². The zero-order valence-electron chi connectivity index (χ0n) is 11.9. The molecule has 104 valence electrons. The van der Waals surface area contributed by atoms with Crippen molar-refractivity contribution in [2.75, 3.05) is 19.6 Å². The molecular formula is C15H23N3O. The monoisotopic (exact) mass is 261 g/mol. The van der Waals surface area contributed by atoms with Gasteiger partial charge in [0.25, 0.3) is 0 Å². The maximum absolute atomic E-state index is 12.0. The number of nitrogens with zero attached hydrogens (tertiary/aromatic N) is 2. The zero-order chi connectivity index (χ0) is 13.7. The second kappa shape index (κ2) is 6.66. The van der Waals surface area contributed by atoms with E-state index < -0.39 is 0 Å². The van der Waals surface area contributed by atoms with Crippen molar-refractivity contribution in [3.63, 3.8) is 0 Å². The summed E-state index contributed by atoms with van der Waals surface area (Å²) in [4.78, 5) is 18.8. The number of amides is 1. The lowest BCUT2D eigenvalue weighted by molar-refractivity contribution is -0.122. The molecule has 1 unspecified atom stereocenters. The number of nitrogens with one attached hydrogen (secondary N) is 1. The standard InChI is InChI=1S/C15H23N3O/c1-3-13(14-8-6-7-12(2)16-14)17-15(19)11-18-9-4-5-10-18/h6-8,13H,3-5,9-11H2,1-2H3,(H,17,19). The van der Waals surface area contributed by atoms with Crippen LogP contribution >= 0.6 is 0 Å². The first-order valence-corrected chi connectivity index (χ1v) is 7.14. The number of aromatic nitrogens is 1. The third-order valence-electron chi connectivity index (χ3n) is 3.58. The summed E-state index contributed by atoms with van der Waals surface area (Å²) in [6.07, 6.45) is 3.29. The average Bonchev–Trinajstić information content (AvgIpc) is 2.88. The smallest absolute Gasteiger partial charge is 0.234 e. The molecule has 0 aromatic carbocycles. The molecular weight excluding hydrogens is 238 g/mol. The van der Waals surface area contributed by atoms with Crippen LogP contribution in [0.15, 0.2) is 18.2 Å². The van der Waals surface area contributed by atoms with Crippen LogP contribution in [0.25, 0.3) is 0 Å². The minimum atomic E-state index is 0.0232. The number of carbonyl (C=O) groups is 1. The minimum Gasteiger partial charge on any atom is -0.347 e. The van der Waals surface area contributed by atoms with Gasteiger partial charge in [0.15, 0.2) is 0 Å². The van der Waals surface area contributed by atoms with Crippen LogP contribution in [0.5, 0.6) is 0 Å². The highest BCUT2D eigenvalue weighted by molar-refractivity contribution is 5.78. The summed E-state index contributed by atoms with van der Waals surface area (Å²) < 4.78 is 0.